The van der Waals surface area contributed by atoms with Crippen LogP contribution in [0.15, 0.2) is 56.7 Å². The lowest BCUT2D eigenvalue weighted by Gasteiger charge is -2.20. The zero-order chi connectivity index (χ0) is 19.1. The molecule has 2 N–H and O–H groups in total. The van der Waals surface area contributed by atoms with Crippen LogP contribution >= 0.6 is 11.6 Å². The molecule has 0 saturated carbocycles. The van der Waals surface area contributed by atoms with E-state index in [1.165, 1.54) is 5.57 Å². The predicted octanol–water partition coefficient (Wildman–Crippen LogP) is 3.96. The highest BCUT2D eigenvalue weighted by molar-refractivity contribution is 6.31. The van der Waals surface area contributed by atoms with Gasteiger partial charge < -0.3 is 9.97 Å². The van der Waals surface area contributed by atoms with Gasteiger partial charge in [0.05, 0.1) is 11.7 Å². The smallest absolute Gasteiger partial charge is 0.349 e. The van der Waals surface area contributed by atoms with Crippen LogP contribution in [0.4, 0.5) is 0 Å². The third-order valence-electron chi connectivity index (χ3n) is 5.07. The average molecular weight is 383 g/mol. The number of benzene rings is 1. The summed E-state index contributed by atoms with van der Waals surface area (Å²) in [4.78, 5) is 30.9. The van der Waals surface area contributed by atoms with Gasteiger partial charge in [-0.3, -0.25) is 4.79 Å². The fourth-order valence-electron chi connectivity index (χ4n) is 3.47. The normalized spacial score (nSPS) is 17.7. The minimum absolute atomic E-state index is 0.295. The van der Waals surface area contributed by atoms with Crippen LogP contribution in [0.3, 0.4) is 0 Å². The van der Waals surface area contributed by atoms with Crippen molar-refractivity contribution in [2.75, 3.05) is 0 Å². The maximum Gasteiger partial charge on any atom is 0.350 e. The molecule has 0 unspecified atom stereocenters. The number of fused-ring (bicyclic) bond motifs is 3. The molecular weight excluding hydrogens is 364 g/mol. The van der Waals surface area contributed by atoms with E-state index < -0.39 is 11.2 Å². The van der Waals surface area contributed by atoms with Crippen molar-refractivity contribution in [3.63, 3.8) is 0 Å². The molecule has 0 fully saturated rings. The van der Waals surface area contributed by atoms with Crippen LogP contribution in [0.2, 0.25) is 5.02 Å². The van der Waals surface area contributed by atoms with E-state index in [0.29, 0.717) is 27.4 Å². The van der Waals surface area contributed by atoms with Crippen LogP contribution in [0.25, 0.3) is 21.9 Å². The first-order valence-corrected chi connectivity index (χ1v) is 9.17. The summed E-state index contributed by atoms with van der Waals surface area (Å²) in [6.07, 6.45) is 6.44. The van der Waals surface area contributed by atoms with Crippen LogP contribution < -0.4 is 11.2 Å². The van der Waals surface area contributed by atoms with Gasteiger partial charge in [0.15, 0.2) is 0 Å². The summed E-state index contributed by atoms with van der Waals surface area (Å²) in [5, 5.41) is 5.36. The Bertz CT molecular complexity index is 1240. The Balaban J connectivity index is 1.75. The first-order valence-electron chi connectivity index (χ1n) is 8.79. The molecule has 0 bridgehead atoms. The minimum atomic E-state index is -0.583. The van der Waals surface area contributed by atoms with Crippen molar-refractivity contribution in [3.8, 4) is 0 Å². The van der Waals surface area contributed by atoms with E-state index in [4.69, 9.17) is 11.6 Å². The van der Waals surface area contributed by atoms with E-state index in [2.05, 4.69) is 27.7 Å². The van der Waals surface area contributed by atoms with E-state index in [-0.39, 0.29) is 0 Å². The fraction of sp³-hybridized carbons (Fsp3) is 0.250. The summed E-state index contributed by atoms with van der Waals surface area (Å²) in [5.74, 6) is 0.489. The van der Waals surface area contributed by atoms with E-state index in [1.807, 2.05) is 6.92 Å². The second-order valence-corrected chi connectivity index (χ2v) is 7.39. The molecule has 1 atom stereocenters. The standard InChI is InChI=1S/C20H19ClN4O2/c1-11(2)13-5-3-12(4-6-13)10-22-25-19(26)18-17(24-20(25)27)15-9-14(21)7-8-16(15)23-18/h3,7-10,13,23H,1,4-6H2,2H3,(H,24,27)/t13-/m1/s1. The van der Waals surface area contributed by atoms with E-state index in [1.54, 1.807) is 24.4 Å². The zero-order valence-corrected chi connectivity index (χ0v) is 15.6. The summed E-state index contributed by atoms with van der Waals surface area (Å²) in [7, 11) is 0. The molecule has 138 valence electrons. The molecule has 3 aromatic rings. The Morgan fingerprint density at radius 1 is 1.33 bits per heavy atom. The molecule has 7 heteroatoms. The SMILES string of the molecule is C=C(C)[C@@H]1CC=C(C=Nn2c(=O)[nH]c3c([nH]c4ccc(Cl)cc43)c2=O)CC1. The molecule has 6 nitrogen and oxygen atoms in total. The molecule has 0 spiro atoms. The predicted molar refractivity (Wildman–Crippen MR) is 110 cm³/mol. The maximum atomic E-state index is 12.8. The van der Waals surface area contributed by atoms with Crippen molar-refractivity contribution in [1.82, 2.24) is 14.6 Å². The number of halogens is 1. The Morgan fingerprint density at radius 2 is 2.15 bits per heavy atom. The Labute approximate surface area is 159 Å². The number of hydrogen-bond acceptors (Lipinski definition) is 3. The van der Waals surface area contributed by atoms with Crippen molar-refractivity contribution in [1.29, 1.82) is 0 Å². The van der Waals surface area contributed by atoms with E-state index in [9.17, 15) is 9.59 Å². The third kappa shape index (κ3) is 3.17. The molecular formula is C20H19ClN4O2. The number of allylic oxidation sites excluding steroid dienone is 3. The molecule has 0 saturated heterocycles. The van der Waals surface area contributed by atoms with Crippen LogP contribution in [-0.4, -0.2) is 20.9 Å². The number of nitrogens with one attached hydrogen (secondary N) is 2. The topological polar surface area (TPSA) is 83.0 Å². The summed E-state index contributed by atoms with van der Waals surface area (Å²) >= 11 is 6.03. The molecule has 27 heavy (non-hydrogen) atoms. The van der Waals surface area contributed by atoms with Gasteiger partial charge >= 0.3 is 11.2 Å². The van der Waals surface area contributed by atoms with Crippen LogP contribution in [0.1, 0.15) is 26.2 Å². The molecule has 0 amide bonds. The third-order valence-corrected chi connectivity index (χ3v) is 5.31. The highest BCUT2D eigenvalue weighted by Crippen LogP contribution is 2.27. The molecule has 0 aliphatic heterocycles. The highest BCUT2D eigenvalue weighted by Gasteiger charge is 2.15. The summed E-state index contributed by atoms with van der Waals surface area (Å²) in [6.45, 7) is 6.05. The number of nitrogens with zero attached hydrogens (tertiary/aromatic N) is 2. The quantitative estimate of drug-likeness (QED) is 0.531. The van der Waals surface area contributed by atoms with E-state index >= 15 is 0 Å². The van der Waals surface area contributed by atoms with Gasteiger partial charge in [0.2, 0.25) is 0 Å². The van der Waals surface area contributed by atoms with Gasteiger partial charge in [-0.2, -0.15) is 5.10 Å². The Morgan fingerprint density at radius 3 is 2.85 bits per heavy atom. The largest absolute Gasteiger partial charge is 0.350 e. The van der Waals surface area contributed by atoms with Gasteiger partial charge in [-0.25, -0.2) is 4.79 Å². The number of hydrogen-bond donors (Lipinski definition) is 2. The van der Waals surface area contributed by atoms with Gasteiger partial charge in [-0.05, 0) is 55.9 Å². The van der Waals surface area contributed by atoms with E-state index in [0.717, 1.165) is 35.0 Å². The lowest BCUT2D eigenvalue weighted by Crippen LogP contribution is -2.32. The van der Waals surface area contributed by atoms with Gasteiger partial charge in [0, 0.05) is 15.9 Å². The van der Waals surface area contributed by atoms with Crippen molar-refractivity contribution < 1.29 is 0 Å². The zero-order valence-electron chi connectivity index (χ0n) is 14.9. The van der Waals surface area contributed by atoms with Crippen LogP contribution in [-0.2, 0) is 0 Å². The van der Waals surface area contributed by atoms with Crippen molar-refractivity contribution in [2.45, 2.75) is 26.2 Å². The lowest BCUT2D eigenvalue weighted by atomic mass is 9.86. The second-order valence-electron chi connectivity index (χ2n) is 6.95. The number of aromatic nitrogens is 3. The highest BCUT2D eigenvalue weighted by atomic mass is 35.5. The summed E-state index contributed by atoms with van der Waals surface area (Å²) in [6, 6.07) is 5.21. The van der Waals surface area contributed by atoms with Crippen molar-refractivity contribution in [2.24, 2.45) is 11.0 Å². The van der Waals surface area contributed by atoms with Gasteiger partial charge in [-0.15, -0.1) is 4.68 Å². The monoisotopic (exact) mass is 382 g/mol. The van der Waals surface area contributed by atoms with Gasteiger partial charge in [-0.1, -0.05) is 29.8 Å². The summed E-state index contributed by atoms with van der Waals surface area (Å²) in [5.41, 5.74) is 2.58. The van der Waals surface area contributed by atoms with Crippen molar-refractivity contribution in [3.05, 3.63) is 67.9 Å². The number of rotatable bonds is 3. The molecule has 2 aromatic heterocycles. The first kappa shape index (κ1) is 17.5. The Hall–Kier alpha value is -2.86. The minimum Gasteiger partial charge on any atom is -0.349 e. The molecule has 2 heterocycles. The molecule has 0 radical (unpaired) electrons. The molecule has 1 aliphatic carbocycles. The fourth-order valence-corrected chi connectivity index (χ4v) is 3.64. The average Bonchev–Trinajstić information content (AvgIpc) is 3.00. The van der Waals surface area contributed by atoms with Crippen molar-refractivity contribution >= 4 is 39.8 Å². The Kier molecular flexibility index (Phi) is 4.36. The lowest BCUT2D eigenvalue weighted by molar-refractivity contribution is 0.548. The van der Waals surface area contributed by atoms with Crippen LogP contribution in [0.5, 0.6) is 0 Å². The summed E-state index contributed by atoms with van der Waals surface area (Å²) < 4.78 is 0.852. The number of aromatic amines is 2. The molecule has 1 aromatic carbocycles. The molecule has 1 aliphatic rings. The van der Waals surface area contributed by atoms with Gasteiger partial charge in [0.25, 0.3) is 0 Å². The second kappa shape index (κ2) is 6.70. The van der Waals surface area contributed by atoms with Crippen LogP contribution in [0, 0.1) is 5.92 Å². The number of H-pyrrole nitrogens is 2. The maximum absolute atomic E-state index is 12.8. The van der Waals surface area contributed by atoms with Gasteiger partial charge in [0.1, 0.15) is 5.52 Å². The molecule has 4 rings (SSSR count). The first-order chi connectivity index (χ1) is 12.9.